The van der Waals surface area contributed by atoms with Crippen LogP contribution in [0.4, 0.5) is 5.82 Å². The molecule has 0 unspecified atom stereocenters. The van der Waals surface area contributed by atoms with Gasteiger partial charge in [0.05, 0.1) is 42.1 Å². The topological polar surface area (TPSA) is 70.2 Å². The van der Waals surface area contributed by atoms with Crippen LogP contribution in [0.25, 0.3) is 16.9 Å². The molecule has 8 nitrogen and oxygen atoms in total. The van der Waals surface area contributed by atoms with Gasteiger partial charge < -0.3 is 14.4 Å². The second-order valence-corrected chi connectivity index (χ2v) is 16.1. The molecule has 1 aliphatic rings. The van der Waals surface area contributed by atoms with Crippen LogP contribution >= 0.6 is 34.2 Å². The van der Waals surface area contributed by atoms with Gasteiger partial charge in [-0.25, -0.2) is 9.67 Å². The van der Waals surface area contributed by atoms with Crippen molar-refractivity contribution in [2.45, 2.75) is 45.4 Å². The van der Waals surface area contributed by atoms with Gasteiger partial charge in [0, 0.05) is 30.9 Å². The van der Waals surface area contributed by atoms with E-state index in [-0.39, 0.29) is 6.04 Å². The Hall–Kier alpha value is -1.21. The van der Waals surface area contributed by atoms with Crippen LogP contribution in [0.2, 0.25) is 30.7 Å². The molecular formula is C20H28ClIN6O2Si. The number of morpholine rings is 1. The first-order valence-electron chi connectivity index (χ1n) is 10.4. The van der Waals surface area contributed by atoms with Crippen LogP contribution in [-0.4, -0.2) is 65.0 Å². The SMILES string of the molecule is C[C@@H]1COCCN1c1nc2c(cnn2-c2ccnn2COCC[Si](C)(C)C)c(I)c1Cl. The molecule has 4 heterocycles. The number of ether oxygens (including phenoxy) is 2. The number of hydrogen-bond donors (Lipinski definition) is 0. The van der Waals surface area contributed by atoms with Gasteiger partial charge in [-0.05, 0) is 35.6 Å². The van der Waals surface area contributed by atoms with Crippen LogP contribution in [0.15, 0.2) is 18.5 Å². The van der Waals surface area contributed by atoms with Gasteiger partial charge in [-0.3, -0.25) is 0 Å². The van der Waals surface area contributed by atoms with E-state index in [0.29, 0.717) is 25.0 Å². The third kappa shape index (κ3) is 4.92. The van der Waals surface area contributed by atoms with Crippen LogP contribution in [-0.2, 0) is 16.2 Å². The van der Waals surface area contributed by atoms with Gasteiger partial charge in [0.15, 0.2) is 17.3 Å². The number of rotatable bonds is 7. The van der Waals surface area contributed by atoms with E-state index in [0.717, 1.165) is 45.4 Å². The van der Waals surface area contributed by atoms with Crippen molar-refractivity contribution in [1.82, 2.24) is 24.5 Å². The Morgan fingerprint density at radius 1 is 1.32 bits per heavy atom. The lowest BCUT2D eigenvalue weighted by atomic mass is 10.2. The zero-order valence-corrected chi connectivity index (χ0v) is 22.2. The first kappa shape index (κ1) is 23.0. The third-order valence-electron chi connectivity index (χ3n) is 5.34. The molecule has 1 atom stereocenters. The van der Waals surface area contributed by atoms with Crippen molar-refractivity contribution < 1.29 is 9.47 Å². The monoisotopic (exact) mass is 574 g/mol. The van der Waals surface area contributed by atoms with Gasteiger partial charge in [0.1, 0.15) is 6.73 Å². The zero-order valence-electron chi connectivity index (χ0n) is 18.3. The Kier molecular flexibility index (Phi) is 6.92. The molecule has 31 heavy (non-hydrogen) atoms. The van der Waals surface area contributed by atoms with E-state index in [1.807, 2.05) is 21.6 Å². The number of halogens is 2. The molecule has 168 valence electrons. The highest BCUT2D eigenvalue weighted by Crippen LogP contribution is 2.36. The molecule has 3 aromatic rings. The molecule has 4 rings (SSSR count). The number of aromatic nitrogens is 5. The summed E-state index contributed by atoms with van der Waals surface area (Å²) in [5.74, 6) is 1.59. The Labute approximate surface area is 202 Å². The van der Waals surface area contributed by atoms with E-state index in [4.69, 9.17) is 26.1 Å². The maximum absolute atomic E-state index is 6.73. The van der Waals surface area contributed by atoms with Gasteiger partial charge >= 0.3 is 0 Å². The van der Waals surface area contributed by atoms with Gasteiger partial charge in [-0.2, -0.15) is 14.9 Å². The van der Waals surface area contributed by atoms with E-state index in [2.05, 4.69) is 64.3 Å². The molecule has 3 aromatic heterocycles. The summed E-state index contributed by atoms with van der Waals surface area (Å²) >= 11 is 9.01. The normalized spacial score (nSPS) is 17.6. The highest BCUT2D eigenvalue weighted by molar-refractivity contribution is 14.1. The van der Waals surface area contributed by atoms with E-state index in [1.165, 1.54) is 0 Å². The smallest absolute Gasteiger partial charge is 0.168 e. The average molecular weight is 575 g/mol. The van der Waals surface area contributed by atoms with Crippen LogP contribution in [0.1, 0.15) is 6.92 Å². The average Bonchev–Trinajstić information content (AvgIpc) is 3.34. The van der Waals surface area contributed by atoms with Gasteiger partial charge in [0.2, 0.25) is 0 Å². The van der Waals surface area contributed by atoms with Crippen LogP contribution in [0.5, 0.6) is 0 Å². The fourth-order valence-electron chi connectivity index (χ4n) is 3.50. The molecule has 11 heteroatoms. The minimum Gasteiger partial charge on any atom is -0.377 e. The summed E-state index contributed by atoms with van der Waals surface area (Å²) in [4.78, 5) is 7.16. The van der Waals surface area contributed by atoms with E-state index >= 15 is 0 Å². The molecule has 0 spiro atoms. The maximum atomic E-state index is 6.73. The third-order valence-corrected chi connectivity index (χ3v) is 8.84. The van der Waals surface area contributed by atoms with Crippen molar-refractivity contribution in [1.29, 1.82) is 0 Å². The fourth-order valence-corrected chi connectivity index (χ4v) is 5.14. The highest BCUT2D eigenvalue weighted by Gasteiger charge is 2.26. The predicted octanol–water partition coefficient (Wildman–Crippen LogP) is 4.41. The van der Waals surface area contributed by atoms with Crippen molar-refractivity contribution in [2.75, 3.05) is 31.3 Å². The molecule has 1 fully saturated rings. The van der Waals surface area contributed by atoms with Gasteiger partial charge in [-0.15, -0.1) is 0 Å². The summed E-state index contributed by atoms with van der Waals surface area (Å²) in [6.45, 7) is 12.4. The second-order valence-electron chi connectivity index (χ2n) is 9.01. The predicted molar refractivity (Wildman–Crippen MR) is 134 cm³/mol. The number of nitrogens with zero attached hydrogens (tertiary/aromatic N) is 6. The lowest BCUT2D eigenvalue weighted by Gasteiger charge is -2.35. The first-order chi connectivity index (χ1) is 14.8. The lowest BCUT2D eigenvalue weighted by Crippen LogP contribution is -2.44. The Morgan fingerprint density at radius 3 is 2.87 bits per heavy atom. The largest absolute Gasteiger partial charge is 0.377 e. The Morgan fingerprint density at radius 2 is 2.13 bits per heavy atom. The number of anilines is 1. The summed E-state index contributed by atoms with van der Waals surface area (Å²) < 4.78 is 16.1. The summed E-state index contributed by atoms with van der Waals surface area (Å²) in [6, 6.07) is 3.25. The molecule has 0 aromatic carbocycles. The van der Waals surface area contributed by atoms with Gasteiger partial charge in [-0.1, -0.05) is 31.2 Å². The Balaban J connectivity index is 1.66. The summed E-state index contributed by atoms with van der Waals surface area (Å²) in [5.41, 5.74) is 0.756. The molecule has 0 N–H and O–H groups in total. The van der Waals surface area contributed by atoms with Gasteiger partial charge in [0.25, 0.3) is 0 Å². The minimum absolute atomic E-state index is 0.202. The van der Waals surface area contributed by atoms with Crippen molar-refractivity contribution >= 4 is 59.1 Å². The van der Waals surface area contributed by atoms with Crippen molar-refractivity contribution in [3.63, 3.8) is 0 Å². The molecule has 1 aliphatic heterocycles. The number of fused-ring (bicyclic) bond motifs is 1. The maximum Gasteiger partial charge on any atom is 0.168 e. The molecule has 0 aliphatic carbocycles. The standard InChI is InChI=1S/C20H28ClIN6O2Si/c1-14-12-29-8-7-26(14)20-17(21)18(22)15-11-24-28(19(15)25-20)16-5-6-23-27(16)13-30-9-10-31(2,3)4/h5-6,11,14H,7-10,12-13H2,1-4H3/t14-/m1/s1. The molecule has 0 amide bonds. The minimum atomic E-state index is -1.13. The molecule has 1 saturated heterocycles. The van der Waals surface area contributed by atoms with Crippen LogP contribution < -0.4 is 4.90 Å². The second kappa shape index (κ2) is 9.34. The zero-order chi connectivity index (χ0) is 22.2. The summed E-state index contributed by atoms with van der Waals surface area (Å²) in [7, 11) is -1.13. The molecule has 0 saturated carbocycles. The number of hydrogen-bond acceptors (Lipinski definition) is 6. The molecule has 0 radical (unpaired) electrons. The fraction of sp³-hybridized carbons (Fsp3) is 0.550. The van der Waals surface area contributed by atoms with Crippen LogP contribution in [0, 0.1) is 3.57 Å². The Bertz CT molecular complexity index is 1070. The quantitative estimate of drug-likeness (QED) is 0.237. The van der Waals surface area contributed by atoms with Crippen molar-refractivity contribution in [3.8, 4) is 5.82 Å². The van der Waals surface area contributed by atoms with Crippen LogP contribution in [0.3, 0.4) is 0 Å². The molecule has 0 bridgehead atoms. The summed E-state index contributed by atoms with van der Waals surface area (Å²) in [5, 5.41) is 10.6. The van der Waals surface area contributed by atoms with E-state index in [1.54, 1.807) is 6.20 Å². The lowest BCUT2D eigenvalue weighted by molar-refractivity contribution is 0.0782. The van der Waals surface area contributed by atoms with Crippen molar-refractivity contribution in [3.05, 3.63) is 27.1 Å². The summed E-state index contributed by atoms with van der Waals surface area (Å²) in [6.07, 6.45) is 3.57. The number of pyridine rings is 1. The highest BCUT2D eigenvalue weighted by atomic mass is 127. The van der Waals surface area contributed by atoms with E-state index in [9.17, 15) is 0 Å². The van der Waals surface area contributed by atoms with E-state index < -0.39 is 8.07 Å². The molecular weight excluding hydrogens is 547 g/mol. The van der Waals surface area contributed by atoms with Crippen molar-refractivity contribution in [2.24, 2.45) is 0 Å². The first-order valence-corrected chi connectivity index (χ1v) is 15.6.